The number of carbonyl (C=O) groups excluding carboxylic acids is 1. The number of sulfone groups is 1. The third-order valence-electron chi connectivity index (χ3n) is 5.36. The van der Waals surface area contributed by atoms with Crippen molar-refractivity contribution in [3.63, 3.8) is 0 Å². The minimum atomic E-state index is -3.40. The van der Waals surface area contributed by atoms with Crippen LogP contribution in [-0.4, -0.2) is 45.1 Å². The van der Waals surface area contributed by atoms with Crippen molar-refractivity contribution in [2.24, 2.45) is 0 Å². The van der Waals surface area contributed by atoms with Crippen molar-refractivity contribution in [3.8, 4) is 16.9 Å². The van der Waals surface area contributed by atoms with Crippen molar-refractivity contribution >= 4 is 27.1 Å². The van der Waals surface area contributed by atoms with E-state index in [0.29, 0.717) is 31.8 Å². The Morgan fingerprint density at radius 1 is 0.943 bits per heavy atom. The summed E-state index contributed by atoms with van der Waals surface area (Å²) in [6.45, 7) is 1.17. The molecule has 0 atom stereocenters. The number of amides is 1. The van der Waals surface area contributed by atoms with Crippen molar-refractivity contribution in [1.82, 2.24) is 5.48 Å². The highest BCUT2D eigenvalue weighted by Crippen LogP contribution is 2.23. The lowest BCUT2D eigenvalue weighted by Gasteiger charge is -2.09. The minimum absolute atomic E-state index is 0.0191. The van der Waals surface area contributed by atoms with Crippen molar-refractivity contribution in [1.29, 1.82) is 0 Å². The van der Waals surface area contributed by atoms with E-state index in [1.165, 1.54) is 16.7 Å². The average Bonchev–Trinajstić information content (AvgIpc) is 3.41. The van der Waals surface area contributed by atoms with Gasteiger partial charge in [0.2, 0.25) is 5.91 Å². The first kappa shape index (κ1) is 26.9. The smallest absolute Gasteiger partial charge is 0.243 e. The fraction of sp³-hybridized carbons (Fsp3) is 0.346. The van der Waals surface area contributed by atoms with Gasteiger partial charge < -0.3 is 9.47 Å². The molecule has 3 aromatic rings. The normalized spacial score (nSPS) is 11.3. The first-order valence-electron chi connectivity index (χ1n) is 11.6. The van der Waals surface area contributed by atoms with Crippen LogP contribution in [0.4, 0.5) is 0 Å². The lowest BCUT2D eigenvalue weighted by Crippen LogP contribution is -2.18. The van der Waals surface area contributed by atoms with E-state index in [4.69, 9.17) is 14.7 Å². The van der Waals surface area contributed by atoms with E-state index in [1.807, 2.05) is 0 Å². The second-order valence-corrected chi connectivity index (χ2v) is 10.9. The maximum atomic E-state index is 12.5. The summed E-state index contributed by atoms with van der Waals surface area (Å²) in [4.78, 5) is 11.1. The van der Waals surface area contributed by atoms with Crippen molar-refractivity contribution < 1.29 is 27.9 Å². The van der Waals surface area contributed by atoms with Crippen LogP contribution in [0.25, 0.3) is 11.1 Å². The molecule has 0 saturated heterocycles. The highest BCUT2D eigenvalue weighted by atomic mass is 32.2. The molecule has 0 spiro atoms. The summed E-state index contributed by atoms with van der Waals surface area (Å²) < 4.78 is 36.2. The molecular formula is C26H31NO6S2. The molecule has 1 aromatic heterocycles. The van der Waals surface area contributed by atoms with E-state index >= 15 is 0 Å². The van der Waals surface area contributed by atoms with Gasteiger partial charge in [-0.25, -0.2) is 13.9 Å². The first-order chi connectivity index (χ1) is 17.0. The topological polar surface area (TPSA) is 102 Å². The number of rotatable bonds is 15. The number of thiophene rings is 1. The summed E-state index contributed by atoms with van der Waals surface area (Å²) >= 11 is 1.69. The third kappa shape index (κ3) is 9.10. The number of hydrogen-bond acceptors (Lipinski definition) is 7. The second kappa shape index (κ2) is 14.0. The molecule has 1 amide bonds. The standard InChI is InChI=1S/C26H31NO6S2/c28-26(27-29)8-3-14-32-15-4-18-35(30,31)25-11-9-24(10-12-25)33-16-2-6-21-5-1-7-22(19-21)23-13-17-34-20-23/h1,5,7,9-13,17,19-20,29H,2-4,6,8,14-16,18H2,(H,27,28). The van der Waals surface area contributed by atoms with Gasteiger partial charge in [-0.15, -0.1) is 0 Å². The molecule has 9 heteroatoms. The molecule has 35 heavy (non-hydrogen) atoms. The number of aryl methyl sites for hydroxylation is 1. The SMILES string of the molecule is O=C(CCCOCCCS(=O)(=O)c1ccc(OCCCc2cccc(-c3ccsc3)c2)cc1)NO. The largest absolute Gasteiger partial charge is 0.494 e. The van der Waals surface area contributed by atoms with Gasteiger partial charge in [0.25, 0.3) is 0 Å². The zero-order valence-electron chi connectivity index (χ0n) is 19.5. The zero-order chi connectivity index (χ0) is 24.9. The summed E-state index contributed by atoms with van der Waals surface area (Å²) in [5.41, 5.74) is 5.27. The van der Waals surface area contributed by atoms with Crippen LogP contribution in [0.5, 0.6) is 5.75 Å². The monoisotopic (exact) mass is 517 g/mol. The average molecular weight is 518 g/mol. The van der Waals surface area contributed by atoms with Crippen LogP contribution in [0, 0.1) is 0 Å². The molecule has 2 N–H and O–H groups in total. The van der Waals surface area contributed by atoms with E-state index in [0.717, 1.165) is 12.8 Å². The van der Waals surface area contributed by atoms with Crippen LogP contribution in [0.15, 0.2) is 70.3 Å². The van der Waals surface area contributed by atoms with Crippen LogP contribution in [0.3, 0.4) is 0 Å². The number of nitrogens with one attached hydrogen (secondary N) is 1. The summed E-state index contributed by atoms with van der Waals surface area (Å²) in [7, 11) is -3.40. The number of benzene rings is 2. The molecule has 0 unspecified atom stereocenters. The van der Waals surface area contributed by atoms with E-state index in [9.17, 15) is 13.2 Å². The van der Waals surface area contributed by atoms with Crippen LogP contribution in [-0.2, 0) is 25.8 Å². The molecule has 0 saturated carbocycles. The first-order valence-corrected chi connectivity index (χ1v) is 14.2. The number of carbonyl (C=O) groups is 1. The van der Waals surface area contributed by atoms with E-state index in [2.05, 4.69) is 41.1 Å². The Morgan fingerprint density at radius 3 is 2.49 bits per heavy atom. The van der Waals surface area contributed by atoms with Gasteiger partial charge in [0.15, 0.2) is 9.84 Å². The van der Waals surface area contributed by atoms with Crippen molar-refractivity contribution in [3.05, 3.63) is 70.9 Å². The summed E-state index contributed by atoms with van der Waals surface area (Å²) in [5, 5.41) is 12.6. The summed E-state index contributed by atoms with van der Waals surface area (Å²) in [5.74, 6) is 0.156. The van der Waals surface area contributed by atoms with Gasteiger partial charge in [-0.1, -0.05) is 24.3 Å². The molecule has 2 aromatic carbocycles. The maximum absolute atomic E-state index is 12.5. The summed E-state index contributed by atoms with van der Waals surface area (Å²) in [6, 6.07) is 17.2. The molecule has 0 fully saturated rings. The summed E-state index contributed by atoms with van der Waals surface area (Å²) in [6.07, 6.45) is 2.74. The van der Waals surface area contributed by atoms with Crippen LogP contribution >= 0.6 is 11.3 Å². The molecule has 188 valence electrons. The predicted octanol–water partition coefficient (Wildman–Crippen LogP) is 4.89. The zero-order valence-corrected chi connectivity index (χ0v) is 21.2. The lowest BCUT2D eigenvalue weighted by molar-refractivity contribution is -0.129. The van der Waals surface area contributed by atoms with Gasteiger partial charge in [0.1, 0.15) is 5.75 Å². The molecule has 1 heterocycles. The Hall–Kier alpha value is -2.72. The van der Waals surface area contributed by atoms with Crippen LogP contribution in [0.1, 0.15) is 31.2 Å². The Bertz CT molecular complexity index is 1140. The molecule has 3 rings (SSSR count). The highest BCUT2D eigenvalue weighted by Gasteiger charge is 2.14. The predicted molar refractivity (Wildman–Crippen MR) is 137 cm³/mol. The third-order valence-corrected chi connectivity index (χ3v) is 7.86. The van der Waals surface area contributed by atoms with E-state index < -0.39 is 15.7 Å². The molecule has 0 aliphatic heterocycles. The second-order valence-electron chi connectivity index (χ2n) is 8.06. The molecule has 0 radical (unpaired) electrons. The van der Waals surface area contributed by atoms with Gasteiger partial charge in [-0.2, -0.15) is 11.3 Å². The maximum Gasteiger partial charge on any atom is 0.243 e. The highest BCUT2D eigenvalue weighted by molar-refractivity contribution is 7.91. The Kier molecular flexibility index (Phi) is 10.7. The number of hydrogen-bond donors (Lipinski definition) is 2. The van der Waals surface area contributed by atoms with Gasteiger partial charge in [-0.3, -0.25) is 10.0 Å². The number of hydroxylamine groups is 1. The number of ether oxygens (including phenoxy) is 2. The Morgan fingerprint density at radius 2 is 1.74 bits per heavy atom. The van der Waals surface area contributed by atoms with Crippen LogP contribution < -0.4 is 10.2 Å². The molecular weight excluding hydrogens is 486 g/mol. The lowest BCUT2D eigenvalue weighted by atomic mass is 10.0. The van der Waals surface area contributed by atoms with Crippen molar-refractivity contribution in [2.75, 3.05) is 25.6 Å². The molecule has 0 aliphatic rings. The van der Waals surface area contributed by atoms with Crippen LogP contribution in [0.2, 0.25) is 0 Å². The molecule has 0 bridgehead atoms. The fourth-order valence-electron chi connectivity index (χ4n) is 3.51. The molecule has 7 nitrogen and oxygen atoms in total. The minimum Gasteiger partial charge on any atom is -0.494 e. The Labute approximate surface area is 210 Å². The van der Waals surface area contributed by atoms with E-state index in [-0.39, 0.29) is 23.7 Å². The van der Waals surface area contributed by atoms with Gasteiger partial charge in [0, 0.05) is 19.6 Å². The quantitative estimate of drug-likeness (QED) is 0.169. The van der Waals surface area contributed by atoms with Gasteiger partial charge in [0.05, 0.1) is 17.3 Å². The van der Waals surface area contributed by atoms with E-state index in [1.54, 1.807) is 41.1 Å². The molecule has 0 aliphatic carbocycles. The fourth-order valence-corrected chi connectivity index (χ4v) is 5.46. The van der Waals surface area contributed by atoms with Gasteiger partial charge >= 0.3 is 0 Å². The van der Waals surface area contributed by atoms with Crippen molar-refractivity contribution in [2.45, 2.75) is 37.0 Å². The van der Waals surface area contributed by atoms with Gasteiger partial charge in [-0.05, 0) is 83.5 Å². The Balaban J connectivity index is 1.35.